The quantitative estimate of drug-likeness (QED) is 0.538. The molecule has 0 unspecified atom stereocenters. The number of esters is 1. The van der Waals surface area contributed by atoms with E-state index in [4.69, 9.17) is 9.47 Å². The second-order valence-corrected chi connectivity index (χ2v) is 7.52. The predicted octanol–water partition coefficient (Wildman–Crippen LogP) is 4.42. The van der Waals surface area contributed by atoms with E-state index in [1.165, 1.54) is 5.56 Å². The van der Waals surface area contributed by atoms with E-state index in [-0.39, 0.29) is 17.2 Å². The van der Waals surface area contributed by atoms with Gasteiger partial charge in [-0.3, -0.25) is 4.79 Å². The van der Waals surface area contributed by atoms with Crippen molar-refractivity contribution in [1.82, 2.24) is 0 Å². The number of benzene rings is 2. The fourth-order valence-corrected chi connectivity index (χ4v) is 3.94. The summed E-state index contributed by atoms with van der Waals surface area (Å²) in [5.41, 5.74) is 2.88. The lowest BCUT2D eigenvalue weighted by atomic mass is 9.71. The Balaban J connectivity index is 2.01. The van der Waals surface area contributed by atoms with Crippen LogP contribution < -0.4 is 9.47 Å². The number of aryl methyl sites for hydroxylation is 1. The first-order chi connectivity index (χ1) is 12.9. The molecule has 1 aliphatic rings. The molecule has 0 saturated carbocycles. The van der Waals surface area contributed by atoms with Crippen molar-refractivity contribution in [3.05, 3.63) is 59.2 Å². The molecular weight excluding hydrogens is 340 g/mol. The van der Waals surface area contributed by atoms with E-state index in [1.54, 1.807) is 14.0 Å². The maximum absolute atomic E-state index is 12.3. The van der Waals surface area contributed by atoms with Crippen molar-refractivity contribution in [2.75, 3.05) is 7.11 Å². The maximum atomic E-state index is 12.3. The lowest BCUT2D eigenvalue weighted by Crippen LogP contribution is -2.35. The molecule has 0 fully saturated rings. The molecule has 1 aliphatic heterocycles. The molecule has 0 N–H and O–H groups in total. The molecule has 4 nitrogen and oxygen atoms in total. The topological polar surface area (TPSA) is 52.6 Å². The first-order valence-corrected chi connectivity index (χ1v) is 9.37. The third kappa shape index (κ3) is 4.21. The van der Waals surface area contributed by atoms with Crippen LogP contribution in [0.4, 0.5) is 0 Å². The van der Waals surface area contributed by atoms with Crippen molar-refractivity contribution < 1.29 is 19.1 Å². The average Bonchev–Trinajstić information content (AvgIpc) is 2.65. The molecule has 2 aromatic rings. The van der Waals surface area contributed by atoms with Gasteiger partial charge in [0.2, 0.25) is 0 Å². The van der Waals surface area contributed by atoms with Crippen LogP contribution in [0.5, 0.6) is 11.5 Å². The number of hydrogen-bond acceptors (Lipinski definition) is 4. The summed E-state index contributed by atoms with van der Waals surface area (Å²) in [6.07, 6.45) is 3.04. The summed E-state index contributed by atoms with van der Waals surface area (Å²) in [5.74, 6) is 1.27. The van der Waals surface area contributed by atoms with Gasteiger partial charge in [-0.15, -0.1) is 0 Å². The molecule has 27 heavy (non-hydrogen) atoms. The van der Waals surface area contributed by atoms with E-state index in [0.29, 0.717) is 25.0 Å². The van der Waals surface area contributed by atoms with Crippen molar-refractivity contribution in [3.63, 3.8) is 0 Å². The summed E-state index contributed by atoms with van der Waals surface area (Å²) in [7, 11) is 1.63. The standard InChI is InChI=1S/C23H26O4/c1-16(24)9-10-18-19(26-3)11-12-20-22(18)23(2,15-21(25)27-20)14-13-17-7-5-4-6-8-17/h4-8,11-12H,9-10,13-15H2,1-3H3/t23-/m1/s1. The van der Waals surface area contributed by atoms with E-state index in [9.17, 15) is 9.59 Å². The third-order valence-electron chi connectivity index (χ3n) is 5.35. The van der Waals surface area contributed by atoms with Crippen LogP contribution in [0.2, 0.25) is 0 Å². The van der Waals surface area contributed by atoms with Crippen molar-refractivity contribution in [1.29, 1.82) is 0 Å². The minimum Gasteiger partial charge on any atom is -0.496 e. The van der Waals surface area contributed by atoms with Crippen LogP contribution in [0, 0.1) is 0 Å². The van der Waals surface area contributed by atoms with Crippen LogP contribution in [-0.2, 0) is 27.8 Å². The largest absolute Gasteiger partial charge is 0.496 e. The summed E-state index contributed by atoms with van der Waals surface area (Å²) in [4.78, 5) is 23.9. The molecule has 1 atom stereocenters. The molecule has 0 radical (unpaired) electrons. The Morgan fingerprint density at radius 2 is 1.89 bits per heavy atom. The Labute approximate surface area is 160 Å². The Kier molecular flexibility index (Phi) is 5.64. The number of ketones is 1. The zero-order valence-electron chi connectivity index (χ0n) is 16.2. The van der Waals surface area contributed by atoms with Crippen molar-refractivity contribution >= 4 is 11.8 Å². The SMILES string of the molecule is COc1ccc2c(c1CCC(C)=O)[C@](C)(CCc1ccccc1)CC(=O)O2. The Hall–Kier alpha value is -2.62. The van der Waals surface area contributed by atoms with Gasteiger partial charge in [0.15, 0.2) is 0 Å². The third-order valence-corrected chi connectivity index (χ3v) is 5.35. The fraction of sp³-hybridized carbons (Fsp3) is 0.391. The van der Waals surface area contributed by atoms with Crippen LogP contribution >= 0.6 is 0 Å². The minimum absolute atomic E-state index is 0.133. The van der Waals surface area contributed by atoms with Gasteiger partial charge in [0.05, 0.1) is 13.5 Å². The molecule has 142 valence electrons. The molecule has 0 amide bonds. The first kappa shape index (κ1) is 19.2. The molecule has 4 heteroatoms. The molecule has 1 heterocycles. The summed E-state index contributed by atoms with van der Waals surface area (Å²) in [5, 5.41) is 0. The summed E-state index contributed by atoms with van der Waals surface area (Å²) < 4.78 is 11.1. The Morgan fingerprint density at radius 3 is 2.56 bits per heavy atom. The van der Waals surface area contributed by atoms with E-state index in [0.717, 1.165) is 29.7 Å². The predicted molar refractivity (Wildman–Crippen MR) is 104 cm³/mol. The molecule has 3 rings (SSSR count). The van der Waals surface area contributed by atoms with Crippen molar-refractivity contribution in [2.24, 2.45) is 0 Å². The van der Waals surface area contributed by atoms with Gasteiger partial charge < -0.3 is 14.3 Å². The molecule has 0 saturated heterocycles. The first-order valence-electron chi connectivity index (χ1n) is 9.37. The van der Waals surface area contributed by atoms with E-state index >= 15 is 0 Å². The van der Waals surface area contributed by atoms with Gasteiger partial charge in [-0.25, -0.2) is 0 Å². The molecule has 0 aliphatic carbocycles. The van der Waals surface area contributed by atoms with Gasteiger partial charge in [-0.2, -0.15) is 0 Å². The second kappa shape index (κ2) is 7.95. The number of fused-ring (bicyclic) bond motifs is 1. The number of hydrogen-bond donors (Lipinski definition) is 0. The van der Waals surface area contributed by atoms with Crippen molar-refractivity contribution in [3.8, 4) is 11.5 Å². The monoisotopic (exact) mass is 366 g/mol. The molecular formula is C23H26O4. The average molecular weight is 366 g/mol. The van der Waals surface area contributed by atoms with Gasteiger partial charge in [0, 0.05) is 23.0 Å². The van der Waals surface area contributed by atoms with Crippen LogP contribution in [0.3, 0.4) is 0 Å². The fourth-order valence-electron chi connectivity index (χ4n) is 3.94. The number of rotatable bonds is 7. The molecule has 0 bridgehead atoms. The zero-order valence-corrected chi connectivity index (χ0v) is 16.2. The van der Waals surface area contributed by atoms with Gasteiger partial charge in [-0.05, 0) is 43.9 Å². The van der Waals surface area contributed by atoms with Gasteiger partial charge in [0.25, 0.3) is 0 Å². The van der Waals surface area contributed by atoms with E-state index < -0.39 is 0 Å². The van der Waals surface area contributed by atoms with Crippen LogP contribution in [0.25, 0.3) is 0 Å². The smallest absolute Gasteiger partial charge is 0.312 e. The lowest BCUT2D eigenvalue weighted by molar-refractivity contribution is -0.137. The molecule has 2 aromatic carbocycles. The highest BCUT2D eigenvalue weighted by atomic mass is 16.5. The number of ether oxygens (including phenoxy) is 2. The Bertz CT molecular complexity index is 841. The molecule has 0 aromatic heterocycles. The zero-order chi connectivity index (χ0) is 19.4. The van der Waals surface area contributed by atoms with Crippen LogP contribution in [0.15, 0.2) is 42.5 Å². The number of carbonyl (C=O) groups is 2. The Morgan fingerprint density at radius 1 is 1.15 bits per heavy atom. The van der Waals surface area contributed by atoms with Crippen LogP contribution in [-0.4, -0.2) is 18.9 Å². The number of carbonyl (C=O) groups excluding carboxylic acids is 2. The van der Waals surface area contributed by atoms with Gasteiger partial charge in [0.1, 0.15) is 17.3 Å². The highest BCUT2D eigenvalue weighted by molar-refractivity contribution is 5.79. The normalized spacial score (nSPS) is 18.6. The molecule has 0 spiro atoms. The number of Topliss-reactive ketones (excluding diaryl/α,β-unsaturated/α-hetero) is 1. The van der Waals surface area contributed by atoms with Gasteiger partial charge in [-0.1, -0.05) is 37.3 Å². The summed E-state index contributed by atoms with van der Waals surface area (Å²) in [6.45, 7) is 3.71. The summed E-state index contributed by atoms with van der Waals surface area (Å²) >= 11 is 0. The second-order valence-electron chi connectivity index (χ2n) is 7.52. The van der Waals surface area contributed by atoms with E-state index in [1.807, 2.05) is 30.3 Å². The maximum Gasteiger partial charge on any atom is 0.312 e. The van der Waals surface area contributed by atoms with E-state index in [2.05, 4.69) is 19.1 Å². The highest BCUT2D eigenvalue weighted by Crippen LogP contribution is 2.47. The highest BCUT2D eigenvalue weighted by Gasteiger charge is 2.40. The number of methoxy groups -OCH3 is 1. The lowest BCUT2D eigenvalue weighted by Gasteiger charge is -2.37. The van der Waals surface area contributed by atoms with Gasteiger partial charge >= 0.3 is 5.97 Å². The minimum atomic E-state index is -0.360. The van der Waals surface area contributed by atoms with Crippen molar-refractivity contribution in [2.45, 2.75) is 51.4 Å². The summed E-state index contributed by atoms with van der Waals surface area (Å²) in [6, 6.07) is 13.9. The van der Waals surface area contributed by atoms with Crippen LogP contribution in [0.1, 0.15) is 49.8 Å².